The molecule has 112 valence electrons. The van der Waals surface area contributed by atoms with E-state index in [0.29, 0.717) is 17.8 Å². The molecule has 0 spiro atoms. The number of rotatable bonds is 5. The normalized spacial score (nSPS) is 11.4. The van der Waals surface area contributed by atoms with Gasteiger partial charge in [0.1, 0.15) is 5.82 Å². The number of hydrogen-bond acceptors (Lipinski definition) is 3. The highest BCUT2D eigenvalue weighted by Crippen LogP contribution is 2.20. The summed E-state index contributed by atoms with van der Waals surface area (Å²) >= 11 is 0. The van der Waals surface area contributed by atoms with Crippen molar-refractivity contribution in [3.63, 3.8) is 0 Å². The molecule has 0 unspecified atom stereocenters. The fourth-order valence-electron chi connectivity index (χ4n) is 1.94. The molecule has 0 fully saturated rings. The molecule has 0 radical (unpaired) electrons. The molecule has 0 aliphatic heterocycles. The molecule has 21 heavy (non-hydrogen) atoms. The van der Waals surface area contributed by atoms with Crippen LogP contribution in [0.1, 0.15) is 11.1 Å². The summed E-state index contributed by atoms with van der Waals surface area (Å²) in [5.74, 6) is -0.396. The molecule has 2 aromatic rings. The average molecular weight is 308 g/mol. The van der Waals surface area contributed by atoms with Gasteiger partial charge in [-0.2, -0.15) is 0 Å². The molecular weight excluding hydrogens is 291 g/mol. The largest absolute Gasteiger partial charge is 0.316 e. The summed E-state index contributed by atoms with van der Waals surface area (Å²) in [5.41, 5.74) is 1.90. The van der Waals surface area contributed by atoms with Gasteiger partial charge in [-0.15, -0.1) is 0 Å². The molecular formula is C15H17FN2O2S. The molecule has 0 saturated carbocycles. The highest BCUT2D eigenvalue weighted by atomic mass is 32.2. The van der Waals surface area contributed by atoms with Crippen molar-refractivity contribution in [2.45, 2.75) is 18.4 Å². The van der Waals surface area contributed by atoms with Gasteiger partial charge in [0.05, 0.1) is 10.6 Å². The molecule has 2 aromatic carbocycles. The van der Waals surface area contributed by atoms with Crippen LogP contribution in [0.2, 0.25) is 0 Å². The first-order valence-corrected chi connectivity index (χ1v) is 7.93. The predicted molar refractivity (Wildman–Crippen MR) is 81.2 cm³/mol. The summed E-state index contributed by atoms with van der Waals surface area (Å²) in [7, 11) is -1.85. The van der Waals surface area contributed by atoms with Gasteiger partial charge in [0.25, 0.3) is 10.0 Å². The van der Waals surface area contributed by atoms with Crippen LogP contribution in [0.4, 0.5) is 10.1 Å². The zero-order valence-electron chi connectivity index (χ0n) is 11.9. The van der Waals surface area contributed by atoms with Gasteiger partial charge in [0.15, 0.2) is 0 Å². The van der Waals surface area contributed by atoms with Gasteiger partial charge in [-0.05, 0) is 55.4 Å². The number of sulfonamides is 1. The highest BCUT2D eigenvalue weighted by Gasteiger charge is 2.15. The number of aryl methyl sites for hydroxylation is 1. The summed E-state index contributed by atoms with van der Waals surface area (Å²) in [6.07, 6.45) is 0. The van der Waals surface area contributed by atoms with Gasteiger partial charge >= 0.3 is 0 Å². The monoisotopic (exact) mass is 308 g/mol. The zero-order chi connectivity index (χ0) is 15.5. The van der Waals surface area contributed by atoms with Crippen LogP contribution < -0.4 is 10.0 Å². The lowest BCUT2D eigenvalue weighted by Crippen LogP contribution is -2.14. The van der Waals surface area contributed by atoms with E-state index in [2.05, 4.69) is 10.0 Å². The molecule has 0 amide bonds. The van der Waals surface area contributed by atoms with E-state index >= 15 is 0 Å². The third kappa shape index (κ3) is 3.80. The minimum Gasteiger partial charge on any atom is -0.316 e. The standard InChI is InChI=1S/C15H17FN2O2S/c1-11-9-13(16)5-8-15(11)18-21(19,20)14-6-3-12(4-7-14)10-17-2/h3-9,17-18H,10H2,1-2H3. The Balaban J connectivity index is 2.25. The van der Waals surface area contributed by atoms with E-state index in [1.807, 2.05) is 7.05 Å². The SMILES string of the molecule is CNCc1ccc(S(=O)(=O)Nc2ccc(F)cc2C)cc1. The Kier molecular flexibility index (Phi) is 4.59. The fraction of sp³-hybridized carbons (Fsp3) is 0.200. The third-order valence-corrected chi connectivity index (χ3v) is 4.43. The van der Waals surface area contributed by atoms with E-state index < -0.39 is 15.8 Å². The van der Waals surface area contributed by atoms with Crippen LogP contribution in [0.25, 0.3) is 0 Å². The molecule has 0 heterocycles. The van der Waals surface area contributed by atoms with Gasteiger partial charge in [0.2, 0.25) is 0 Å². The zero-order valence-corrected chi connectivity index (χ0v) is 12.7. The van der Waals surface area contributed by atoms with Gasteiger partial charge in [-0.1, -0.05) is 12.1 Å². The lowest BCUT2D eigenvalue weighted by Gasteiger charge is -2.11. The second kappa shape index (κ2) is 6.24. The molecule has 0 aliphatic carbocycles. The Bertz CT molecular complexity index is 728. The quantitative estimate of drug-likeness (QED) is 0.893. The first-order valence-electron chi connectivity index (χ1n) is 6.45. The van der Waals surface area contributed by atoms with E-state index in [4.69, 9.17) is 0 Å². The van der Waals surface area contributed by atoms with E-state index in [9.17, 15) is 12.8 Å². The first-order chi connectivity index (χ1) is 9.92. The van der Waals surface area contributed by atoms with Crippen molar-refractivity contribution >= 4 is 15.7 Å². The van der Waals surface area contributed by atoms with Crippen LogP contribution in [-0.4, -0.2) is 15.5 Å². The van der Waals surface area contributed by atoms with Crippen molar-refractivity contribution in [3.8, 4) is 0 Å². The fourth-order valence-corrected chi connectivity index (χ4v) is 3.07. The van der Waals surface area contributed by atoms with Crippen molar-refractivity contribution in [2.24, 2.45) is 0 Å². The van der Waals surface area contributed by atoms with E-state index in [1.165, 1.54) is 18.2 Å². The molecule has 6 heteroatoms. The lowest BCUT2D eigenvalue weighted by molar-refractivity contribution is 0.601. The maximum atomic E-state index is 13.0. The Hall–Kier alpha value is -1.92. The van der Waals surface area contributed by atoms with Crippen LogP contribution in [0, 0.1) is 12.7 Å². The Morgan fingerprint density at radius 2 is 1.76 bits per heavy atom. The second-order valence-electron chi connectivity index (χ2n) is 4.74. The maximum absolute atomic E-state index is 13.0. The van der Waals surface area contributed by atoms with E-state index in [1.54, 1.807) is 31.2 Å². The van der Waals surface area contributed by atoms with Crippen LogP contribution in [0.3, 0.4) is 0 Å². The Labute approximate surface area is 124 Å². The first kappa shape index (κ1) is 15.5. The molecule has 4 nitrogen and oxygen atoms in total. The number of hydrogen-bond donors (Lipinski definition) is 2. The van der Waals surface area contributed by atoms with Crippen LogP contribution in [-0.2, 0) is 16.6 Å². The van der Waals surface area contributed by atoms with Crippen molar-refractivity contribution < 1.29 is 12.8 Å². The number of nitrogens with one attached hydrogen (secondary N) is 2. The molecule has 0 aromatic heterocycles. The third-order valence-electron chi connectivity index (χ3n) is 3.05. The summed E-state index contributed by atoms with van der Waals surface area (Å²) in [4.78, 5) is 0.172. The molecule has 0 aliphatic rings. The van der Waals surface area contributed by atoms with Gasteiger partial charge in [-0.3, -0.25) is 4.72 Å². The van der Waals surface area contributed by atoms with E-state index in [0.717, 1.165) is 5.56 Å². The van der Waals surface area contributed by atoms with Crippen LogP contribution >= 0.6 is 0 Å². The Morgan fingerprint density at radius 1 is 1.10 bits per heavy atom. The maximum Gasteiger partial charge on any atom is 0.261 e. The van der Waals surface area contributed by atoms with Crippen LogP contribution in [0.15, 0.2) is 47.4 Å². The van der Waals surface area contributed by atoms with Gasteiger partial charge in [-0.25, -0.2) is 12.8 Å². The molecule has 0 bridgehead atoms. The topological polar surface area (TPSA) is 58.2 Å². The predicted octanol–water partition coefficient (Wildman–Crippen LogP) is 2.65. The van der Waals surface area contributed by atoms with Crippen molar-refractivity contribution in [2.75, 3.05) is 11.8 Å². The molecule has 0 atom stereocenters. The van der Waals surface area contributed by atoms with Crippen molar-refractivity contribution in [3.05, 3.63) is 59.4 Å². The average Bonchev–Trinajstić information content (AvgIpc) is 2.43. The summed E-state index contributed by atoms with van der Waals surface area (Å²) in [5, 5.41) is 2.99. The Morgan fingerprint density at radius 3 is 2.33 bits per heavy atom. The second-order valence-corrected chi connectivity index (χ2v) is 6.42. The molecule has 2 rings (SSSR count). The van der Waals surface area contributed by atoms with Gasteiger partial charge in [0, 0.05) is 6.54 Å². The number of benzene rings is 2. The van der Waals surface area contributed by atoms with Crippen LogP contribution in [0.5, 0.6) is 0 Å². The van der Waals surface area contributed by atoms with Crippen molar-refractivity contribution in [1.82, 2.24) is 5.32 Å². The smallest absolute Gasteiger partial charge is 0.261 e. The molecule has 0 saturated heterocycles. The lowest BCUT2D eigenvalue weighted by atomic mass is 10.2. The molecule has 2 N–H and O–H groups in total. The van der Waals surface area contributed by atoms with Gasteiger partial charge < -0.3 is 5.32 Å². The summed E-state index contributed by atoms with van der Waals surface area (Å²) in [6.45, 7) is 2.32. The minimum absolute atomic E-state index is 0.172. The summed E-state index contributed by atoms with van der Waals surface area (Å²) in [6, 6.07) is 10.5. The minimum atomic E-state index is -3.67. The number of anilines is 1. The van der Waals surface area contributed by atoms with E-state index in [-0.39, 0.29) is 4.90 Å². The number of halogens is 1. The summed E-state index contributed by atoms with van der Waals surface area (Å²) < 4.78 is 40.1. The van der Waals surface area contributed by atoms with Crippen molar-refractivity contribution in [1.29, 1.82) is 0 Å². The highest BCUT2D eigenvalue weighted by molar-refractivity contribution is 7.92.